The van der Waals surface area contributed by atoms with Crippen LogP contribution in [0.15, 0.2) is 48.5 Å². The van der Waals surface area contributed by atoms with Crippen molar-refractivity contribution >= 4 is 12.1 Å². The Hall–Kier alpha value is -2.86. The van der Waals surface area contributed by atoms with Crippen molar-refractivity contribution in [2.24, 2.45) is 0 Å². The minimum Gasteiger partial charge on any atom is -0.444 e. The minimum atomic E-state index is -0.549. The number of nitrogens with one attached hydrogen (secondary N) is 1. The van der Waals surface area contributed by atoms with Crippen LogP contribution in [0.25, 0.3) is 0 Å². The molecule has 26 heavy (non-hydrogen) atoms. The average molecular weight is 357 g/mol. The van der Waals surface area contributed by atoms with Gasteiger partial charge in [-0.3, -0.25) is 0 Å². The van der Waals surface area contributed by atoms with Crippen LogP contribution in [0.3, 0.4) is 0 Å². The van der Waals surface area contributed by atoms with Gasteiger partial charge < -0.3 is 19.9 Å². The monoisotopic (exact) mass is 357 g/mol. The summed E-state index contributed by atoms with van der Waals surface area (Å²) in [6.07, 6.45) is -0.493. The van der Waals surface area contributed by atoms with Gasteiger partial charge in [0, 0.05) is 6.54 Å². The molecule has 0 aliphatic rings. The van der Waals surface area contributed by atoms with Gasteiger partial charge in [0.05, 0.1) is 12.2 Å². The Labute approximate surface area is 152 Å². The van der Waals surface area contributed by atoms with Gasteiger partial charge in [-0.15, -0.1) is 0 Å². The third-order valence-electron chi connectivity index (χ3n) is 3.34. The summed E-state index contributed by atoms with van der Waals surface area (Å²) in [5.41, 5.74) is 1.43. The number of esters is 1. The molecule has 0 aliphatic heterocycles. The number of aliphatic hydroxyl groups is 1. The third-order valence-corrected chi connectivity index (χ3v) is 3.34. The minimum absolute atomic E-state index is 0.0625. The van der Waals surface area contributed by atoms with Gasteiger partial charge in [-0.05, 0) is 56.2 Å². The molecule has 0 aromatic heterocycles. The number of amides is 1. The Morgan fingerprint density at radius 1 is 0.962 bits per heavy atom. The lowest BCUT2D eigenvalue weighted by molar-refractivity contribution is 0.0523. The number of hydrogen-bond donors (Lipinski definition) is 2. The quantitative estimate of drug-likeness (QED) is 0.633. The molecule has 0 saturated carbocycles. The first kappa shape index (κ1) is 19.5. The number of alkyl carbamates (subject to hydrolysis) is 1. The standard InChI is InChI=1S/C20H23NO5/c1-20(2,3)26-19(24)21-12-14-4-8-16(9-5-14)18(23)25-17-10-6-15(13-22)7-11-17/h4-11,22H,12-13H2,1-3H3,(H,21,24). The van der Waals surface area contributed by atoms with E-state index in [1.54, 1.807) is 69.3 Å². The predicted octanol–water partition coefficient (Wildman–Crippen LogP) is 3.42. The van der Waals surface area contributed by atoms with E-state index < -0.39 is 17.7 Å². The summed E-state index contributed by atoms with van der Waals surface area (Å²) >= 11 is 0. The number of hydrogen-bond acceptors (Lipinski definition) is 5. The van der Waals surface area contributed by atoms with E-state index in [2.05, 4.69) is 5.32 Å². The van der Waals surface area contributed by atoms with Crippen LogP contribution >= 0.6 is 0 Å². The Morgan fingerprint density at radius 3 is 2.08 bits per heavy atom. The van der Waals surface area contributed by atoms with Gasteiger partial charge in [-0.25, -0.2) is 9.59 Å². The number of benzene rings is 2. The van der Waals surface area contributed by atoms with Gasteiger partial charge in [-0.2, -0.15) is 0 Å². The van der Waals surface area contributed by atoms with E-state index in [1.165, 1.54) is 0 Å². The highest BCUT2D eigenvalue weighted by Gasteiger charge is 2.15. The first-order valence-corrected chi connectivity index (χ1v) is 8.24. The van der Waals surface area contributed by atoms with E-state index in [0.717, 1.165) is 11.1 Å². The lowest BCUT2D eigenvalue weighted by Gasteiger charge is -2.19. The SMILES string of the molecule is CC(C)(C)OC(=O)NCc1ccc(C(=O)Oc2ccc(CO)cc2)cc1. The molecular weight excluding hydrogens is 334 g/mol. The fourth-order valence-electron chi connectivity index (χ4n) is 2.08. The topological polar surface area (TPSA) is 84.9 Å². The second kappa shape index (κ2) is 8.49. The van der Waals surface area contributed by atoms with Crippen LogP contribution in [0, 0.1) is 0 Å². The maximum Gasteiger partial charge on any atom is 0.407 e. The van der Waals surface area contributed by atoms with Crippen LogP contribution in [0.4, 0.5) is 4.79 Å². The summed E-state index contributed by atoms with van der Waals surface area (Å²) in [5.74, 6) is -0.0729. The van der Waals surface area contributed by atoms with Crippen molar-refractivity contribution < 1.29 is 24.2 Å². The Balaban J connectivity index is 1.89. The normalized spacial score (nSPS) is 10.9. The molecule has 0 unspecified atom stereocenters. The highest BCUT2D eigenvalue weighted by Crippen LogP contribution is 2.15. The zero-order valence-corrected chi connectivity index (χ0v) is 15.1. The van der Waals surface area contributed by atoms with Crippen LogP contribution in [-0.4, -0.2) is 22.8 Å². The van der Waals surface area contributed by atoms with Crippen molar-refractivity contribution in [2.45, 2.75) is 39.5 Å². The molecule has 6 nitrogen and oxygen atoms in total. The van der Waals surface area contributed by atoms with Gasteiger partial charge in [0.15, 0.2) is 0 Å². The molecule has 2 rings (SSSR count). The molecular formula is C20H23NO5. The molecule has 0 bridgehead atoms. The zero-order valence-electron chi connectivity index (χ0n) is 15.1. The van der Waals surface area contributed by atoms with Gasteiger partial charge in [-0.1, -0.05) is 24.3 Å². The van der Waals surface area contributed by atoms with E-state index in [0.29, 0.717) is 17.9 Å². The van der Waals surface area contributed by atoms with Crippen molar-refractivity contribution in [3.8, 4) is 5.75 Å². The summed E-state index contributed by atoms with van der Waals surface area (Å²) in [7, 11) is 0. The number of rotatable bonds is 5. The number of carbonyl (C=O) groups excluding carboxylic acids is 2. The summed E-state index contributed by atoms with van der Waals surface area (Å²) in [6, 6.07) is 13.4. The van der Waals surface area contributed by atoms with E-state index in [1.807, 2.05) is 0 Å². The van der Waals surface area contributed by atoms with E-state index in [4.69, 9.17) is 14.6 Å². The lowest BCUT2D eigenvalue weighted by atomic mass is 10.1. The van der Waals surface area contributed by atoms with Gasteiger partial charge in [0.1, 0.15) is 11.4 Å². The van der Waals surface area contributed by atoms with E-state index >= 15 is 0 Å². The van der Waals surface area contributed by atoms with Crippen molar-refractivity contribution in [3.05, 3.63) is 65.2 Å². The van der Waals surface area contributed by atoms with Crippen molar-refractivity contribution in [1.29, 1.82) is 0 Å². The van der Waals surface area contributed by atoms with Crippen LogP contribution in [0.5, 0.6) is 5.75 Å². The number of ether oxygens (including phenoxy) is 2. The molecule has 0 atom stereocenters. The molecule has 0 fully saturated rings. The van der Waals surface area contributed by atoms with Gasteiger partial charge in [0.2, 0.25) is 0 Å². The average Bonchev–Trinajstić information content (AvgIpc) is 2.59. The highest BCUT2D eigenvalue weighted by atomic mass is 16.6. The molecule has 2 aromatic carbocycles. The smallest absolute Gasteiger partial charge is 0.407 e. The zero-order chi connectivity index (χ0) is 19.2. The first-order valence-electron chi connectivity index (χ1n) is 8.24. The molecule has 2 aromatic rings. The van der Waals surface area contributed by atoms with Crippen molar-refractivity contribution in [3.63, 3.8) is 0 Å². The second-order valence-electron chi connectivity index (χ2n) is 6.74. The third kappa shape index (κ3) is 6.22. The summed E-state index contributed by atoms with van der Waals surface area (Å²) in [4.78, 5) is 23.8. The molecule has 0 aliphatic carbocycles. The lowest BCUT2D eigenvalue weighted by Crippen LogP contribution is -2.32. The fraction of sp³-hybridized carbons (Fsp3) is 0.300. The van der Waals surface area contributed by atoms with Gasteiger partial charge >= 0.3 is 12.1 Å². The van der Waals surface area contributed by atoms with Gasteiger partial charge in [0.25, 0.3) is 0 Å². The number of carbonyl (C=O) groups is 2. The Bertz CT molecular complexity index is 745. The van der Waals surface area contributed by atoms with E-state index in [9.17, 15) is 9.59 Å². The molecule has 0 heterocycles. The number of aliphatic hydroxyl groups excluding tert-OH is 1. The van der Waals surface area contributed by atoms with Crippen LogP contribution < -0.4 is 10.1 Å². The Morgan fingerprint density at radius 2 is 1.54 bits per heavy atom. The first-order chi connectivity index (χ1) is 12.3. The van der Waals surface area contributed by atoms with Crippen LogP contribution in [-0.2, 0) is 17.9 Å². The maximum absolute atomic E-state index is 12.1. The fourth-order valence-corrected chi connectivity index (χ4v) is 2.08. The second-order valence-corrected chi connectivity index (χ2v) is 6.74. The molecule has 0 radical (unpaired) electrons. The summed E-state index contributed by atoms with van der Waals surface area (Å²) in [6.45, 7) is 5.62. The molecule has 6 heteroatoms. The molecule has 0 spiro atoms. The summed E-state index contributed by atoms with van der Waals surface area (Å²) < 4.78 is 10.4. The Kier molecular flexibility index (Phi) is 6.36. The van der Waals surface area contributed by atoms with Crippen LogP contribution in [0.1, 0.15) is 42.3 Å². The summed E-state index contributed by atoms with van der Waals surface area (Å²) in [5, 5.41) is 11.7. The van der Waals surface area contributed by atoms with Crippen LogP contribution in [0.2, 0.25) is 0 Å². The molecule has 0 saturated heterocycles. The molecule has 138 valence electrons. The highest BCUT2D eigenvalue weighted by molar-refractivity contribution is 5.91. The maximum atomic E-state index is 12.1. The predicted molar refractivity (Wildman–Crippen MR) is 96.8 cm³/mol. The molecule has 1 amide bonds. The van der Waals surface area contributed by atoms with E-state index in [-0.39, 0.29) is 6.61 Å². The molecule has 2 N–H and O–H groups in total. The van der Waals surface area contributed by atoms with Crippen molar-refractivity contribution in [1.82, 2.24) is 5.32 Å². The largest absolute Gasteiger partial charge is 0.444 e. The van der Waals surface area contributed by atoms with Crippen molar-refractivity contribution in [2.75, 3.05) is 0 Å².